The van der Waals surface area contributed by atoms with Gasteiger partial charge < -0.3 is 9.80 Å². The highest BCUT2D eigenvalue weighted by Gasteiger charge is 2.36. The highest BCUT2D eigenvalue weighted by molar-refractivity contribution is 6.18. The number of nitrogens with one attached hydrogen (secondary N) is 1. The summed E-state index contributed by atoms with van der Waals surface area (Å²) < 4.78 is 41.2. The van der Waals surface area contributed by atoms with E-state index in [2.05, 4.69) is 30.5 Å². The molecular formula is C30H34F3N4O+. The first-order valence-corrected chi connectivity index (χ1v) is 13.0. The monoisotopic (exact) mass is 523 g/mol. The third kappa shape index (κ3) is 6.58. The van der Waals surface area contributed by atoms with Crippen LogP contribution in [0.15, 0.2) is 65.3 Å². The summed E-state index contributed by atoms with van der Waals surface area (Å²) in [6.07, 6.45) is -0.253. The average Bonchev–Trinajstić information content (AvgIpc) is 2.88. The van der Waals surface area contributed by atoms with Gasteiger partial charge in [0.1, 0.15) is 0 Å². The van der Waals surface area contributed by atoms with Gasteiger partial charge in [-0.3, -0.25) is 9.79 Å². The first kappa shape index (κ1) is 27.7. The van der Waals surface area contributed by atoms with Gasteiger partial charge in [-0.1, -0.05) is 30.3 Å². The molecule has 2 unspecified atom stereocenters. The van der Waals surface area contributed by atoms with Crippen LogP contribution in [-0.4, -0.2) is 55.7 Å². The van der Waals surface area contributed by atoms with Gasteiger partial charge in [-0.2, -0.15) is 18.4 Å². The zero-order valence-electron chi connectivity index (χ0n) is 22.1. The molecule has 2 aliphatic heterocycles. The normalized spacial score (nSPS) is 20.9. The van der Waals surface area contributed by atoms with E-state index in [1.807, 2.05) is 12.1 Å². The number of nitrogens with zero attached hydrogens (tertiary/aromatic N) is 3. The second-order valence-electron chi connectivity index (χ2n) is 11.1. The van der Waals surface area contributed by atoms with Crippen molar-refractivity contribution in [3.05, 3.63) is 82.6 Å². The zero-order valence-corrected chi connectivity index (χ0v) is 22.1. The molecule has 2 aliphatic rings. The number of aliphatic imine (C=N–C) groups is 1. The Kier molecular flexibility index (Phi) is 8.19. The quantitative estimate of drug-likeness (QED) is 0.503. The maximum atomic E-state index is 13.8. The highest BCUT2D eigenvalue weighted by Crippen LogP contribution is 2.34. The van der Waals surface area contributed by atoms with Gasteiger partial charge in [0.2, 0.25) is 0 Å². The number of piperidine rings is 1. The van der Waals surface area contributed by atoms with Gasteiger partial charge in [-0.05, 0) is 55.1 Å². The van der Waals surface area contributed by atoms with Crippen LogP contribution in [0.3, 0.4) is 0 Å². The van der Waals surface area contributed by atoms with Crippen LogP contribution in [0, 0.1) is 17.2 Å². The molecule has 0 bridgehead atoms. The Balaban J connectivity index is 1.60. The van der Waals surface area contributed by atoms with Crippen molar-refractivity contribution in [2.75, 3.05) is 33.7 Å². The number of hydrogen-bond donors (Lipinski definition) is 1. The van der Waals surface area contributed by atoms with E-state index >= 15 is 0 Å². The Morgan fingerprint density at radius 1 is 1.13 bits per heavy atom. The Labute approximate surface area is 222 Å². The van der Waals surface area contributed by atoms with E-state index < -0.39 is 17.7 Å². The van der Waals surface area contributed by atoms with Crippen molar-refractivity contribution in [1.82, 2.24) is 5.32 Å². The second kappa shape index (κ2) is 11.2. The van der Waals surface area contributed by atoms with Crippen LogP contribution in [0.5, 0.6) is 0 Å². The standard InChI is InChI=1S/C30H34F3N4O/c1-20-28(24-5-4-6-25(16-24)30(31,32)33)29(38)26(19-35-20)27(15-21-7-9-22(17-34)10-8-21)36-18-23-11-13-37(2,3)14-12-23/h4-10,16,19,23,27-28,36H,11-15,18H2,1-3H3/q+1. The summed E-state index contributed by atoms with van der Waals surface area (Å²) in [4.78, 5) is 18.3. The number of ketones is 1. The summed E-state index contributed by atoms with van der Waals surface area (Å²) in [6, 6.07) is 14.0. The molecule has 38 heavy (non-hydrogen) atoms. The molecule has 0 aliphatic carbocycles. The lowest BCUT2D eigenvalue weighted by atomic mass is 9.81. The van der Waals surface area contributed by atoms with Gasteiger partial charge in [0, 0.05) is 36.4 Å². The molecule has 8 heteroatoms. The lowest BCUT2D eigenvalue weighted by Gasteiger charge is -2.38. The minimum absolute atomic E-state index is 0.232. The fourth-order valence-corrected chi connectivity index (χ4v) is 5.29. The number of benzene rings is 2. The highest BCUT2D eigenvalue weighted by atomic mass is 19.4. The molecule has 2 aromatic rings. The van der Waals surface area contributed by atoms with E-state index in [1.54, 1.807) is 31.3 Å². The van der Waals surface area contributed by atoms with Crippen molar-refractivity contribution in [3.63, 3.8) is 0 Å². The third-order valence-corrected chi connectivity index (χ3v) is 7.76. The summed E-state index contributed by atoms with van der Waals surface area (Å²) in [7, 11) is 4.47. The van der Waals surface area contributed by atoms with Crippen molar-refractivity contribution in [1.29, 1.82) is 5.26 Å². The van der Waals surface area contributed by atoms with Gasteiger partial charge in [-0.15, -0.1) is 0 Å². The molecular weight excluding hydrogens is 489 g/mol. The molecule has 5 nitrogen and oxygen atoms in total. The van der Waals surface area contributed by atoms with Crippen LogP contribution in [0.25, 0.3) is 0 Å². The number of quaternary nitrogens is 1. The van der Waals surface area contributed by atoms with E-state index in [9.17, 15) is 18.0 Å². The summed E-state index contributed by atoms with van der Waals surface area (Å²) >= 11 is 0. The van der Waals surface area contributed by atoms with E-state index in [4.69, 9.17) is 5.26 Å². The minimum atomic E-state index is -4.50. The maximum absolute atomic E-state index is 13.8. The molecule has 0 aromatic heterocycles. The smallest absolute Gasteiger partial charge is 0.328 e. The van der Waals surface area contributed by atoms with Crippen molar-refractivity contribution >= 4 is 11.5 Å². The number of rotatable bonds is 7. The van der Waals surface area contributed by atoms with Crippen molar-refractivity contribution in [2.24, 2.45) is 10.9 Å². The average molecular weight is 524 g/mol. The molecule has 1 N–H and O–H groups in total. The van der Waals surface area contributed by atoms with E-state index in [0.717, 1.165) is 54.7 Å². The molecule has 4 rings (SSSR count). The third-order valence-electron chi connectivity index (χ3n) is 7.76. The Bertz CT molecular complexity index is 1260. The van der Waals surface area contributed by atoms with E-state index in [0.29, 0.717) is 34.8 Å². The van der Waals surface area contributed by atoms with Crippen LogP contribution in [0.2, 0.25) is 0 Å². The van der Waals surface area contributed by atoms with Crippen molar-refractivity contribution in [2.45, 2.75) is 44.3 Å². The number of nitriles is 1. The first-order chi connectivity index (χ1) is 18.0. The molecule has 0 amide bonds. The molecule has 200 valence electrons. The first-order valence-electron chi connectivity index (χ1n) is 13.0. The van der Waals surface area contributed by atoms with E-state index in [-0.39, 0.29) is 11.8 Å². The van der Waals surface area contributed by atoms with Crippen LogP contribution in [0.4, 0.5) is 13.2 Å². The van der Waals surface area contributed by atoms with Crippen LogP contribution >= 0.6 is 0 Å². The topological polar surface area (TPSA) is 65.2 Å². The van der Waals surface area contributed by atoms with Crippen LogP contribution in [-0.2, 0) is 17.4 Å². The maximum Gasteiger partial charge on any atom is 0.416 e. The van der Waals surface area contributed by atoms with Crippen LogP contribution in [0.1, 0.15) is 47.9 Å². The lowest BCUT2D eigenvalue weighted by Crippen LogP contribution is -2.49. The summed E-state index contributed by atoms with van der Waals surface area (Å²) in [5, 5.41) is 12.7. The Morgan fingerprint density at radius 2 is 1.82 bits per heavy atom. The number of carbonyl (C=O) groups excluding carboxylic acids is 1. The molecule has 0 saturated carbocycles. The predicted octanol–water partition coefficient (Wildman–Crippen LogP) is 5.28. The summed E-state index contributed by atoms with van der Waals surface area (Å²) in [5.41, 5.74) is 1.97. The van der Waals surface area contributed by atoms with Gasteiger partial charge in [0.05, 0.1) is 50.3 Å². The summed E-state index contributed by atoms with van der Waals surface area (Å²) in [5.74, 6) is -0.617. The number of alkyl halides is 3. The lowest BCUT2D eigenvalue weighted by molar-refractivity contribution is -0.896. The number of hydrogen-bond acceptors (Lipinski definition) is 4. The van der Waals surface area contributed by atoms with Gasteiger partial charge in [-0.25, -0.2) is 0 Å². The van der Waals surface area contributed by atoms with Crippen molar-refractivity contribution in [3.8, 4) is 6.07 Å². The fraction of sp³-hybridized carbons (Fsp3) is 0.433. The van der Waals surface area contributed by atoms with Gasteiger partial charge >= 0.3 is 6.18 Å². The van der Waals surface area contributed by atoms with Gasteiger partial charge in [0.25, 0.3) is 0 Å². The van der Waals surface area contributed by atoms with Gasteiger partial charge in [0.15, 0.2) is 5.78 Å². The van der Waals surface area contributed by atoms with Crippen molar-refractivity contribution < 1.29 is 22.4 Å². The molecule has 2 heterocycles. The van der Waals surface area contributed by atoms with Crippen LogP contribution < -0.4 is 5.32 Å². The number of Topliss-reactive ketones (excluding diaryl/α,β-unsaturated/α-hetero) is 1. The number of carbonyl (C=O) groups is 1. The molecule has 0 spiro atoms. The summed E-state index contributed by atoms with van der Waals surface area (Å²) in [6.45, 7) is 4.61. The number of likely N-dealkylation sites (tertiary alicyclic amines) is 1. The molecule has 2 aromatic carbocycles. The van der Waals surface area contributed by atoms with E-state index in [1.165, 1.54) is 6.07 Å². The largest absolute Gasteiger partial charge is 0.416 e. The second-order valence-corrected chi connectivity index (χ2v) is 11.1. The molecule has 1 saturated heterocycles. The minimum Gasteiger partial charge on any atom is -0.328 e. The molecule has 2 atom stereocenters. The Hall–Kier alpha value is -3.28. The molecule has 0 radical (unpaired) electrons. The SMILES string of the molecule is CC1=NC=C(C(Cc2ccc(C#N)cc2)NCC2CC[N+](C)(C)CC2)C(=O)C1c1cccc(C(F)(F)F)c1. The fourth-order valence-electron chi connectivity index (χ4n) is 5.29. The number of halogens is 3. The predicted molar refractivity (Wildman–Crippen MR) is 142 cm³/mol. The molecule has 1 fully saturated rings. The Morgan fingerprint density at radius 3 is 2.45 bits per heavy atom. The zero-order chi connectivity index (χ0) is 27.5.